The van der Waals surface area contributed by atoms with Gasteiger partial charge in [-0.2, -0.15) is 0 Å². The van der Waals surface area contributed by atoms with Gasteiger partial charge in [0.2, 0.25) is 0 Å². The second-order valence-electron chi connectivity index (χ2n) is 5.54. The van der Waals surface area contributed by atoms with Crippen molar-refractivity contribution in [2.45, 2.75) is 53.4 Å². The van der Waals surface area contributed by atoms with Crippen LogP contribution in [0.2, 0.25) is 0 Å². The van der Waals surface area contributed by atoms with Gasteiger partial charge in [0.1, 0.15) is 0 Å². The van der Waals surface area contributed by atoms with Crippen molar-refractivity contribution in [3.05, 3.63) is 35.4 Å². The van der Waals surface area contributed by atoms with Gasteiger partial charge in [0, 0.05) is 0 Å². The molecule has 1 rings (SSSR count). The molecule has 0 heteroatoms. The average molecular weight is 217 g/mol. The van der Waals surface area contributed by atoms with E-state index in [2.05, 4.69) is 52.0 Å². The highest BCUT2D eigenvalue weighted by Gasteiger charge is 2.04. The zero-order chi connectivity index (χ0) is 12.0. The van der Waals surface area contributed by atoms with Crippen LogP contribution in [-0.4, -0.2) is 0 Å². The fourth-order valence-electron chi connectivity index (χ4n) is 1.85. The van der Waals surface area contributed by atoms with Crippen molar-refractivity contribution in [2.75, 3.05) is 0 Å². The Labute approximate surface area is 101 Å². The number of hydrogen-bond donors (Lipinski definition) is 0. The molecule has 89 valence electrons. The summed E-state index contributed by atoms with van der Waals surface area (Å²) in [6.45, 7) is 9.16. The molecule has 1 aromatic rings. The van der Waals surface area contributed by atoms with Gasteiger partial charge in [-0.3, -0.25) is 0 Å². The molecular formula is C16H25. The molecule has 0 heterocycles. The van der Waals surface area contributed by atoms with Crippen LogP contribution in [0, 0.1) is 17.9 Å². The smallest absolute Gasteiger partial charge is 0.0146 e. The second-order valence-corrected chi connectivity index (χ2v) is 5.54. The van der Waals surface area contributed by atoms with E-state index in [0.717, 1.165) is 11.8 Å². The molecule has 0 nitrogen and oxygen atoms in total. The van der Waals surface area contributed by atoms with Gasteiger partial charge >= 0.3 is 0 Å². The molecule has 0 aliphatic heterocycles. The van der Waals surface area contributed by atoms with Crippen molar-refractivity contribution in [3.63, 3.8) is 0 Å². The molecule has 0 N–H and O–H groups in total. The van der Waals surface area contributed by atoms with Gasteiger partial charge in [-0.15, -0.1) is 0 Å². The van der Waals surface area contributed by atoms with Crippen LogP contribution >= 0.6 is 0 Å². The Balaban J connectivity index is 2.60. The number of benzene rings is 1. The molecule has 16 heavy (non-hydrogen) atoms. The predicted molar refractivity (Wildman–Crippen MR) is 71.6 cm³/mol. The summed E-state index contributed by atoms with van der Waals surface area (Å²) in [4.78, 5) is 0. The number of rotatable bonds is 6. The molecule has 0 aliphatic carbocycles. The molecule has 0 aliphatic rings. The van der Waals surface area contributed by atoms with Crippen LogP contribution in [0.3, 0.4) is 0 Å². The second kappa shape index (κ2) is 6.73. The lowest BCUT2D eigenvalue weighted by Crippen LogP contribution is -1.99. The van der Waals surface area contributed by atoms with Crippen LogP contribution in [0.1, 0.15) is 51.7 Å². The zero-order valence-corrected chi connectivity index (χ0v) is 11.2. The van der Waals surface area contributed by atoms with Crippen LogP contribution in [0.5, 0.6) is 0 Å². The molecule has 0 bridgehead atoms. The minimum Gasteiger partial charge on any atom is -0.0628 e. The van der Waals surface area contributed by atoms with E-state index in [0.29, 0.717) is 0 Å². The summed E-state index contributed by atoms with van der Waals surface area (Å²) < 4.78 is 0. The molecular weight excluding hydrogens is 192 g/mol. The Hall–Kier alpha value is -0.780. The first-order valence-corrected chi connectivity index (χ1v) is 6.58. The highest BCUT2D eigenvalue weighted by Crippen LogP contribution is 2.17. The summed E-state index contributed by atoms with van der Waals surface area (Å²) in [5.74, 6) is 1.57. The SMILES string of the molecule is CC(C)CCc1[c]cccc1CCC(C)C. The Bertz CT molecular complexity index is 266. The fourth-order valence-corrected chi connectivity index (χ4v) is 1.85. The Kier molecular flexibility index (Phi) is 5.59. The lowest BCUT2D eigenvalue weighted by Gasteiger charge is -2.11. The summed E-state index contributed by atoms with van der Waals surface area (Å²) in [7, 11) is 0. The van der Waals surface area contributed by atoms with E-state index in [1.807, 2.05) is 0 Å². The van der Waals surface area contributed by atoms with Crippen molar-refractivity contribution >= 4 is 0 Å². The summed E-state index contributed by atoms with van der Waals surface area (Å²) >= 11 is 0. The molecule has 0 saturated heterocycles. The van der Waals surface area contributed by atoms with Crippen molar-refractivity contribution in [1.29, 1.82) is 0 Å². The molecule has 0 unspecified atom stereocenters. The lowest BCUT2D eigenvalue weighted by atomic mass is 9.94. The first-order valence-electron chi connectivity index (χ1n) is 6.58. The summed E-state index contributed by atoms with van der Waals surface area (Å²) in [6.07, 6.45) is 4.95. The van der Waals surface area contributed by atoms with Gasteiger partial charge in [-0.25, -0.2) is 0 Å². The Morgan fingerprint density at radius 3 is 2.25 bits per heavy atom. The quantitative estimate of drug-likeness (QED) is 0.650. The third kappa shape index (κ3) is 4.83. The van der Waals surface area contributed by atoms with E-state index < -0.39 is 0 Å². The Morgan fingerprint density at radius 2 is 1.62 bits per heavy atom. The van der Waals surface area contributed by atoms with Crippen molar-refractivity contribution in [1.82, 2.24) is 0 Å². The van der Waals surface area contributed by atoms with E-state index in [1.165, 1.54) is 36.8 Å². The third-order valence-electron chi connectivity index (χ3n) is 3.00. The molecule has 0 aromatic heterocycles. The summed E-state index contributed by atoms with van der Waals surface area (Å²) in [5.41, 5.74) is 2.95. The maximum absolute atomic E-state index is 3.42. The minimum atomic E-state index is 0.784. The fraction of sp³-hybridized carbons (Fsp3) is 0.625. The Morgan fingerprint density at radius 1 is 1.00 bits per heavy atom. The highest BCUT2D eigenvalue weighted by molar-refractivity contribution is 5.26. The number of aryl methyl sites for hydroxylation is 2. The van der Waals surface area contributed by atoms with Gasteiger partial charge in [-0.05, 0) is 54.7 Å². The van der Waals surface area contributed by atoms with E-state index in [4.69, 9.17) is 0 Å². The van der Waals surface area contributed by atoms with Crippen LogP contribution in [0.15, 0.2) is 18.2 Å². The van der Waals surface area contributed by atoms with Gasteiger partial charge in [0.25, 0.3) is 0 Å². The molecule has 0 spiro atoms. The molecule has 0 fully saturated rings. The van der Waals surface area contributed by atoms with Crippen molar-refractivity contribution < 1.29 is 0 Å². The monoisotopic (exact) mass is 217 g/mol. The molecule has 0 atom stereocenters. The topological polar surface area (TPSA) is 0 Å². The predicted octanol–water partition coefficient (Wildman–Crippen LogP) is 4.66. The van der Waals surface area contributed by atoms with Crippen LogP contribution in [0.4, 0.5) is 0 Å². The average Bonchev–Trinajstić information content (AvgIpc) is 2.24. The van der Waals surface area contributed by atoms with Crippen LogP contribution in [-0.2, 0) is 12.8 Å². The van der Waals surface area contributed by atoms with Crippen LogP contribution < -0.4 is 0 Å². The maximum Gasteiger partial charge on any atom is -0.0146 e. The molecule has 0 saturated carbocycles. The van der Waals surface area contributed by atoms with Gasteiger partial charge < -0.3 is 0 Å². The lowest BCUT2D eigenvalue weighted by molar-refractivity contribution is 0.571. The maximum atomic E-state index is 3.42. The minimum absolute atomic E-state index is 0.784. The molecule has 1 radical (unpaired) electrons. The van der Waals surface area contributed by atoms with Crippen molar-refractivity contribution in [2.24, 2.45) is 11.8 Å². The summed E-state index contributed by atoms with van der Waals surface area (Å²) in [5, 5.41) is 0. The largest absolute Gasteiger partial charge is 0.0628 e. The third-order valence-corrected chi connectivity index (χ3v) is 3.00. The van der Waals surface area contributed by atoms with Gasteiger partial charge in [0.05, 0.1) is 0 Å². The standard InChI is InChI=1S/C16H25/c1-13(2)9-11-15-7-5-6-8-16(15)12-10-14(3)4/h5-7,13-14H,9-12H2,1-4H3. The van der Waals surface area contributed by atoms with E-state index in [1.54, 1.807) is 0 Å². The zero-order valence-electron chi connectivity index (χ0n) is 11.2. The molecule has 1 aromatic carbocycles. The summed E-state index contributed by atoms with van der Waals surface area (Å²) in [6, 6.07) is 9.86. The normalized spacial score (nSPS) is 11.4. The first kappa shape index (κ1) is 13.3. The van der Waals surface area contributed by atoms with E-state index in [9.17, 15) is 0 Å². The number of hydrogen-bond acceptors (Lipinski definition) is 0. The van der Waals surface area contributed by atoms with Gasteiger partial charge in [-0.1, -0.05) is 45.9 Å². The van der Waals surface area contributed by atoms with Crippen molar-refractivity contribution in [3.8, 4) is 0 Å². The first-order chi connectivity index (χ1) is 7.59. The van der Waals surface area contributed by atoms with E-state index in [-0.39, 0.29) is 0 Å². The molecule has 0 amide bonds. The highest BCUT2D eigenvalue weighted by atomic mass is 14.1. The van der Waals surface area contributed by atoms with Gasteiger partial charge in [0.15, 0.2) is 0 Å². The van der Waals surface area contributed by atoms with E-state index >= 15 is 0 Å². The van der Waals surface area contributed by atoms with Crippen LogP contribution in [0.25, 0.3) is 0 Å².